The maximum atomic E-state index is 12.3. The average molecular weight is 280 g/mol. The molecule has 1 aromatic heterocycles. The van der Waals surface area contributed by atoms with Crippen LogP contribution in [0.3, 0.4) is 0 Å². The Bertz CT molecular complexity index is 485. The molecule has 0 aromatic carbocycles. The van der Waals surface area contributed by atoms with Crippen molar-refractivity contribution in [2.24, 2.45) is 0 Å². The molecule has 2 heterocycles. The molecule has 1 fully saturated rings. The third kappa shape index (κ3) is 2.64. The largest absolute Gasteiger partial charge is 0.480 e. The molecule has 0 spiro atoms. The van der Waals surface area contributed by atoms with E-state index in [1.54, 1.807) is 32.2 Å². The Hall–Kier alpha value is -1.98. The number of nitrogens with one attached hydrogen (secondary N) is 1. The van der Waals surface area contributed by atoms with Crippen LogP contribution in [0.5, 0.6) is 0 Å². The number of carboxylic acid groups (broad SMARTS) is 1. The first-order valence-electron chi connectivity index (χ1n) is 6.80. The summed E-state index contributed by atoms with van der Waals surface area (Å²) in [7, 11) is 0. The number of aliphatic carboxylic acids is 1. The van der Waals surface area contributed by atoms with Crippen molar-refractivity contribution in [3.05, 3.63) is 24.2 Å². The number of hydrogen-bond donors (Lipinski definition) is 2. The number of likely N-dealkylation sites (tertiary alicyclic amines) is 1. The highest BCUT2D eigenvalue weighted by molar-refractivity contribution is 5.86. The Kier molecular flexibility index (Phi) is 4.01. The summed E-state index contributed by atoms with van der Waals surface area (Å²) in [6, 6.07) is 2.87. The van der Waals surface area contributed by atoms with Gasteiger partial charge in [-0.15, -0.1) is 0 Å². The lowest BCUT2D eigenvalue weighted by molar-refractivity contribution is -0.150. The minimum Gasteiger partial charge on any atom is -0.480 e. The number of furan rings is 1. The number of rotatable bonds is 3. The van der Waals surface area contributed by atoms with E-state index in [-0.39, 0.29) is 12.1 Å². The zero-order valence-electron chi connectivity index (χ0n) is 11.8. The summed E-state index contributed by atoms with van der Waals surface area (Å²) in [6.45, 7) is 3.87. The van der Waals surface area contributed by atoms with E-state index in [0.717, 1.165) is 12.8 Å². The SMILES string of the molecule is CC(NC(=O)N1CCCCC1(C)C(=O)O)c1ccco1. The number of carbonyl (C=O) groups excluding carboxylic acids is 1. The van der Waals surface area contributed by atoms with E-state index in [2.05, 4.69) is 5.32 Å². The van der Waals surface area contributed by atoms with Gasteiger partial charge in [-0.05, 0) is 45.2 Å². The van der Waals surface area contributed by atoms with Gasteiger partial charge in [0.15, 0.2) is 0 Å². The second kappa shape index (κ2) is 5.56. The molecule has 0 radical (unpaired) electrons. The summed E-state index contributed by atoms with van der Waals surface area (Å²) >= 11 is 0. The van der Waals surface area contributed by atoms with Gasteiger partial charge in [0.25, 0.3) is 0 Å². The summed E-state index contributed by atoms with van der Waals surface area (Å²) in [6.07, 6.45) is 3.66. The van der Waals surface area contributed by atoms with Gasteiger partial charge in [0, 0.05) is 6.54 Å². The van der Waals surface area contributed by atoms with Crippen molar-refractivity contribution in [2.75, 3.05) is 6.54 Å². The summed E-state index contributed by atoms with van der Waals surface area (Å²) in [5.74, 6) is -0.314. The van der Waals surface area contributed by atoms with Gasteiger partial charge in [-0.25, -0.2) is 9.59 Å². The summed E-state index contributed by atoms with van der Waals surface area (Å²) in [5, 5.41) is 12.2. The quantitative estimate of drug-likeness (QED) is 0.890. The Morgan fingerprint density at radius 3 is 2.85 bits per heavy atom. The first-order chi connectivity index (χ1) is 9.45. The first-order valence-corrected chi connectivity index (χ1v) is 6.80. The van der Waals surface area contributed by atoms with Crippen molar-refractivity contribution in [3.8, 4) is 0 Å². The lowest BCUT2D eigenvalue weighted by Crippen LogP contribution is -2.60. The third-order valence-electron chi connectivity index (χ3n) is 3.91. The topological polar surface area (TPSA) is 82.8 Å². The summed E-state index contributed by atoms with van der Waals surface area (Å²) in [5.41, 5.74) is -1.13. The molecule has 0 saturated carbocycles. The molecule has 6 nitrogen and oxygen atoms in total. The van der Waals surface area contributed by atoms with Crippen molar-refractivity contribution in [3.63, 3.8) is 0 Å². The van der Waals surface area contributed by atoms with Crippen molar-refractivity contribution >= 4 is 12.0 Å². The van der Waals surface area contributed by atoms with Gasteiger partial charge in [-0.1, -0.05) is 0 Å². The molecule has 1 aliphatic rings. The Labute approximate surface area is 117 Å². The van der Waals surface area contributed by atoms with E-state index in [4.69, 9.17) is 4.42 Å². The highest BCUT2D eigenvalue weighted by atomic mass is 16.4. The molecule has 20 heavy (non-hydrogen) atoms. The molecule has 2 atom stereocenters. The van der Waals surface area contributed by atoms with Crippen LogP contribution in [0.15, 0.2) is 22.8 Å². The number of urea groups is 1. The fourth-order valence-electron chi connectivity index (χ4n) is 2.54. The molecule has 1 aromatic rings. The average Bonchev–Trinajstić information content (AvgIpc) is 2.92. The highest BCUT2D eigenvalue weighted by Gasteiger charge is 2.44. The molecule has 110 valence electrons. The molecular weight excluding hydrogens is 260 g/mol. The predicted molar refractivity (Wildman–Crippen MR) is 72.3 cm³/mol. The van der Waals surface area contributed by atoms with E-state index in [1.165, 1.54) is 4.90 Å². The number of hydrogen-bond acceptors (Lipinski definition) is 3. The normalized spacial score (nSPS) is 24.2. The Morgan fingerprint density at radius 1 is 1.50 bits per heavy atom. The van der Waals surface area contributed by atoms with Crippen LogP contribution >= 0.6 is 0 Å². The molecule has 2 amide bonds. The maximum Gasteiger partial charge on any atom is 0.329 e. The van der Waals surface area contributed by atoms with Gasteiger partial charge in [0.05, 0.1) is 12.3 Å². The Balaban J connectivity index is 2.09. The lowest BCUT2D eigenvalue weighted by atomic mass is 9.89. The van der Waals surface area contributed by atoms with Gasteiger partial charge >= 0.3 is 12.0 Å². The van der Waals surface area contributed by atoms with E-state index in [0.29, 0.717) is 18.7 Å². The summed E-state index contributed by atoms with van der Waals surface area (Å²) in [4.78, 5) is 25.2. The molecule has 6 heteroatoms. The second-order valence-electron chi connectivity index (χ2n) is 5.37. The van der Waals surface area contributed by atoms with Crippen LogP contribution in [0, 0.1) is 0 Å². The van der Waals surface area contributed by atoms with Gasteiger partial charge in [0.2, 0.25) is 0 Å². The van der Waals surface area contributed by atoms with Crippen LogP contribution in [-0.4, -0.2) is 34.1 Å². The van der Waals surface area contributed by atoms with Crippen LogP contribution in [0.1, 0.15) is 44.9 Å². The van der Waals surface area contributed by atoms with Crippen LogP contribution in [0.25, 0.3) is 0 Å². The number of nitrogens with zero attached hydrogens (tertiary/aromatic N) is 1. The molecule has 2 N–H and O–H groups in total. The number of amides is 2. The van der Waals surface area contributed by atoms with Crippen molar-refractivity contribution < 1.29 is 19.1 Å². The van der Waals surface area contributed by atoms with Gasteiger partial charge < -0.3 is 19.7 Å². The van der Waals surface area contributed by atoms with Crippen LogP contribution < -0.4 is 5.32 Å². The zero-order chi connectivity index (χ0) is 14.8. The van der Waals surface area contributed by atoms with Crippen molar-refractivity contribution in [2.45, 2.75) is 44.7 Å². The molecule has 2 unspecified atom stereocenters. The third-order valence-corrected chi connectivity index (χ3v) is 3.91. The number of carbonyl (C=O) groups is 2. The predicted octanol–water partition coefficient (Wildman–Crippen LogP) is 2.38. The minimum absolute atomic E-state index is 0.294. The van der Waals surface area contributed by atoms with E-state index in [9.17, 15) is 14.7 Å². The fourth-order valence-corrected chi connectivity index (χ4v) is 2.54. The molecule has 1 saturated heterocycles. The van der Waals surface area contributed by atoms with Crippen LogP contribution in [-0.2, 0) is 4.79 Å². The first kappa shape index (κ1) is 14.4. The van der Waals surface area contributed by atoms with Gasteiger partial charge in [-0.2, -0.15) is 0 Å². The highest BCUT2D eigenvalue weighted by Crippen LogP contribution is 2.28. The molecule has 1 aliphatic heterocycles. The number of piperidine rings is 1. The fraction of sp³-hybridized carbons (Fsp3) is 0.571. The van der Waals surface area contributed by atoms with Crippen LogP contribution in [0.4, 0.5) is 4.79 Å². The smallest absolute Gasteiger partial charge is 0.329 e. The standard InChI is InChI=1S/C14H20N2O4/c1-10(11-6-5-9-20-11)15-13(19)16-8-4-3-7-14(16,2)12(17)18/h5-6,9-10H,3-4,7-8H2,1-2H3,(H,15,19)(H,17,18). The Morgan fingerprint density at radius 2 is 2.25 bits per heavy atom. The van der Waals surface area contributed by atoms with Gasteiger partial charge in [-0.3, -0.25) is 0 Å². The van der Waals surface area contributed by atoms with Crippen molar-refractivity contribution in [1.29, 1.82) is 0 Å². The van der Waals surface area contributed by atoms with E-state index in [1.807, 2.05) is 0 Å². The molecule has 0 bridgehead atoms. The molecular formula is C14H20N2O4. The number of carboxylic acids is 1. The second-order valence-corrected chi connectivity index (χ2v) is 5.37. The maximum absolute atomic E-state index is 12.3. The summed E-state index contributed by atoms with van der Waals surface area (Å²) < 4.78 is 5.23. The monoisotopic (exact) mass is 280 g/mol. The van der Waals surface area contributed by atoms with Gasteiger partial charge in [0.1, 0.15) is 11.3 Å². The van der Waals surface area contributed by atoms with Crippen molar-refractivity contribution in [1.82, 2.24) is 10.2 Å². The lowest BCUT2D eigenvalue weighted by Gasteiger charge is -2.41. The molecule has 2 rings (SSSR count). The molecule has 0 aliphatic carbocycles. The zero-order valence-corrected chi connectivity index (χ0v) is 11.8. The van der Waals surface area contributed by atoms with E-state index < -0.39 is 11.5 Å². The minimum atomic E-state index is -1.13. The van der Waals surface area contributed by atoms with Crippen LogP contribution in [0.2, 0.25) is 0 Å². The van der Waals surface area contributed by atoms with E-state index >= 15 is 0 Å².